The van der Waals surface area contributed by atoms with E-state index in [0.29, 0.717) is 18.8 Å². The summed E-state index contributed by atoms with van der Waals surface area (Å²) in [5.41, 5.74) is 6.36. The van der Waals surface area contributed by atoms with Gasteiger partial charge in [-0.05, 0) is 0 Å². The summed E-state index contributed by atoms with van der Waals surface area (Å²) in [5, 5.41) is 4.09. The summed E-state index contributed by atoms with van der Waals surface area (Å²) in [6.45, 7) is 1.12. The minimum Gasteiger partial charge on any atom is -0.396 e. The molecule has 0 fully saturated rings. The molecule has 1 rings (SSSR count). The first kappa shape index (κ1) is 11.5. The number of rotatable bonds is 4. The molecule has 1 aromatic heterocycles. The normalized spacial score (nSPS) is 10.3. The predicted octanol–water partition coefficient (Wildman–Crippen LogP) is -0.186. The first-order valence-electron chi connectivity index (χ1n) is 4.59. The van der Waals surface area contributed by atoms with Crippen LogP contribution in [0.25, 0.3) is 0 Å². The summed E-state index contributed by atoms with van der Waals surface area (Å²) in [6.07, 6.45) is 1.63. The highest BCUT2D eigenvalue weighted by atomic mass is 16.5. The quantitative estimate of drug-likeness (QED) is 0.751. The van der Waals surface area contributed by atoms with Gasteiger partial charge >= 0.3 is 0 Å². The first-order valence-corrected chi connectivity index (χ1v) is 4.59. The van der Waals surface area contributed by atoms with Crippen molar-refractivity contribution >= 4 is 11.6 Å². The summed E-state index contributed by atoms with van der Waals surface area (Å²) < 4.78 is 6.51. The third-order valence-corrected chi connectivity index (χ3v) is 1.92. The number of amides is 1. The van der Waals surface area contributed by atoms with Gasteiger partial charge < -0.3 is 15.4 Å². The van der Waals surface area contributed by atoms with Crippen LogP contribution in [-0.4, -0.2) is 48.4 Å². The molecule has 0 aliphatic heterocycles. The molecule has 1 aromatic rings. The number of ether oxygens (including phenoxy) is 1. The van der Waals surface area contributed by atoms with Crippen molar-refractivity contribution in [3.63, 3.8) is 0 Å². The van der Waals surface area contributed by atoms with Crippen molar-refractivity contribution in [1.29, 1.82) is 0 Å². The summed E-state index contributed by atoms with van der Waals surface area (Å²) in [4.78, 5) is 13.0. The zero-order valence-corrected chi connectivity index (χ0v) is 9.23. The third-order valence-electron chi connectivity index (χ3n) is 1.92. The second kappa shape index (κ2) is 4.79. The highest BCUT2D eigenvalue weighted by molar-refractivity contribution is 5.96. The Morgan fingerprint density at radius 1 is 1.67 bits per heavy atom. The van der Waals surface area contributed by atoms with Crippen LogP contribution in [0.1, 0.15) is 10.5 Å². The zero-order valence-electron chi connectivity index (χ0n) is 9.23. The highest BCUT2D eigenvalue weighted by Crippen LogP contribution is 2.10. The number of nitrogens with two attached hydrogens (primary N) is 1. The van der Waals surface area contributed by atoms with Crippen LogP contribution in [0.5, 0.6) is 0 Å². The Labute approximate surface area is 88.6 Å². The summed E-state index contributed by atoms with van der Waals surface area (Å²) in [7, 11) is 4.94. The van der Waals surface area contributed by atoms with Gasteiger partial charge in [-0.3, -0.25) is 9.48 Å². The number of carbonyl (C=O) groups excluding carboxylic acids is 1. The Hall–Kier alpha value is -1.56. The molecular formula is C9H16N4O2. The van der Waals surface area contributed by atoms with Gasteiger partial charge in [-0.1, -0.05) is 0 Å². The van der Waals surface area contributed by atoms with Gasteiger partial charge in [0.05, 0.1) is 18.8 Å². The lowest BCUT2D eigenvalue weighted by Gasteiger charge is -2.07. The lowest BCUT2D eigenvalue weighted by molar-refractivity contribution is 0.0821. The minimum atomic E-state index is -0.191. The molecule has 0 aromatic carbocycles. The number of hydrogen-bond acceptors (Lipinski definition) is 4. The maximum atomic E-state index is 11.6. The molecule has 0 atom stereocenters. The van der Waals surface area contributed by atoms with Gasteiger partial charge in [-0.2, -0.15) is 5.10 Å². The van der Waals surface area contributed by atoms with Crippen LogP contribution in [0.3, 0.4) is 0 Å². The lowest BCUT2D eigenvalue weighted by Crippen LogP contribution is -2.23. The zero-order chi connectivity index (χ0) is 11.4. The molecule has 0 aliphatic carbocycles. The molecule has 2 N–H and O–H groups in total. The van der Waals surface area contributed by atoms with E-state index in [9.17, 15) is 4.79 Å². The molecule has 0 saturated heterocycles. The third kappa shape index (κ3) is 2.69. The molecule has 0 aliphatic rings. The second-order valence-electron chi connectivity index (χ2n) is 3.39. The average molecular weight is 212 g/mol. The van der Waals surface area contributed by atoms with Crippen LogP contribution in [-0.2, 0) is 11.3 Å². The topological polar surface area (TPSA) is 73.4 Å². The molecule has 0 spiro atoms. The molecule has 6 heteroatoms. The molecule has 15 heavy (non-hydrogen) atoms. The number of aromatic nitrogens is 2. The fourth-order valence-corrected chi connectivity index (χ4v) is 1.11. The van der Waals surface area contributed by atoms with Crippen molar-refractivity contribution in [2.45, 2.75) is 6.54 Å². The van der Waals surface area contributed by atoms with Crippen molar-refractivity contribution in [2.24, 2.45) is 0 Å². The SMILES string of the molecule is COCCn1cc(N)c(C(=O)N(C)C)n1. The van der Waals surface area contributed by atoms with Crippen LogP contribution in [0.15, 0.2) is 6.20 Å². The monoisotopic (exact) mass is 212 g/mol. The summed E-state index contributed by atoms with van der Waals surface area (Å²) in [5.74, 6) is -0.191. The van der Waals surface area contributed by atoms with E-state index in [-0.39, 0.29) is 11.6 Å². The Balaban J connectivity index is 2.81. The van der Waals surface area contributed by atoms with E-state index in [1.54, 1.807) is 32.1 Å². The van der Waals surface area contributed by atoms with E-state index in [2.05, 4.69) is 5.10 Å². The number of anilines is 1. The van der Waals surface area contributed by atoms with Gasteiger partial charge in [0.2, 0.25) is 0 Å². The molecule has 6 nitrogen and oxygen atoms in total. The smallest absolute Gasteiger partial charge is 0.275 e. The Morgan fingerprint density at radius 3 is 2.87 bits per heavy atom. The van der Waals surface area contributed by atoms with Gasteiger partial charge in [-0.25, -0.2) is 0 Å². The van der Waals surface area contributed by atoms with E-state index in [1.165, 1.54) is 4.90 Å². The Kier molecular flexibility index (Phi) is 3.68. The molecule has 1 amide bonds. The molecule has 84 valence electrons. The number of nitrogens with zero attached hydrogens (tertiary/aromatic N) is 3. The maximum absolute atomic E-state index is 11.6. The van der Waals surface area contributed by atoms with Crippen molar-refractivity contribution in [3.8, 4) is 0 Å². The lowest BCUT2D eigenvalue weighted by atomic mass is 10.3. The summed E-state index contributed by atoms with van der Waals surface area (Å²) >= 11 is 0. The molecular weight excluding hydrogens is 196 g/mol. The maximum Gasteiger partial charge on any atom is 0.275 e. The average Bonchev–Trinajstić information content (AvgIpc) is 2.55. The van der Waals surface area contributed by atoms with Crippen LogP contribution < -0.4 is 5.73 Å². The molecule has 0 radical (unpaired) electrons. The van der Waals surface area contributed by atoms with Gasteiger partial charge in [0.1, 0.15) is 0 Å². The van der Waals surface area contributed by atoms with Crippen molar-refractivity contribution in [2.75, 3.05) is 33.5 Å². The molecule has 0 unspecified atom stereocenters. The van der Waals surface area contributed by atoms with E-state index >= 15 is 0 Å². The van der Waals surface area contributed by atoms with Crippen LogP contribution in [0, 0.1) is 0 Å². The fraction of sp³-hybridized carbons (Fsp3) is 0.556. The largest absolute Gasteiger partial charge is 0.396 e. The van der Waals surface area contributed by atoms with E-state index in [1.807, 2.05) is 0 Å². The Bertz CT molecular complexity index is 346. The fourth-order valence-electron chi connectivity index (χ4n) is 1.11. The standard InChI is InChI=1S/C9H16N4O2/c1-12(2)9(14)8-7(10)6-13(11-8)4-5-15-3/h6H,4-5,10H2,1-3H3. The second-order valence-corrected chi connectivity index (χ2v) is 3.39. The Morgan fingerprint density at radius 2 is 2.33 bits per heavy atom. The summed E-state index contributed by atoms with van der Waals surface area (Å²) in [6, 6.07) is 0. The first-order chi connectivity index (χ1) is 7.06. The number of hydrogen-bond donors (Lipinski definition) is 1. The molecule has 0 bridgehead atoms. The highest BCUT2D eigenvalue weighted by Gasteiger charge is 2.16. The molecule has 1 heterocycles. The van der Waals surface area contributed by atoms with Crippen LogP contribution in [0.4, 0.5) is 5.69 Å². The predicted molar refractivity (Wildman–Crippen MR) is 56.5 cm³/mol. The van der Waals surface area contributed by atoms with Crippen molar-refractivity contribution in [1.82, 2.24) is 14.7 Å². The molecule has 0 saturated carbocycles. The number of carbonyl (C=O) groups is 1. The van der Waals surface area contributed by atoms with Crippen molar-refractivity contribution in [3.05, 3.63) is 11.9 Å². The van der Waals surface area contributed by atoms with E-state index in [0.717, 1.165) is 0 Å². The van der Waals surface area contributed by atoms with Crippen LogP contribution >= 0.6 is 0 Å². The van der Waals surface area contributed by atoms with E-state index < -0.39 is 0 Å². The van der Waals surface area contributed by atoms with Gasteiger partial charge in [0.25, 0.3) is 5.91 Å². The number of methoxy groups -OCH3 is 1. The minimum absolute atomic E-state index is 0.191. The van der Waals surface area contributed by atoms with Gasteiger partial charge in [0.15, 0.2) is 5.69 Å². The van der Waals surface area contributed by atoms with Crippen LogP contribution in [0.2, 0.25) is 0 Å². The van der Waals surface area contributed by atoms with Crippen molar-refractivity contribution < 1.29 is 9.53 Å². The van der Waals surface area contributed by atoms with Gasteiger partial charge in [0, 0.05) is 27.4 Å². The number of nitrogen functional groups attached to an aromatic ring is 1. The van der Waals surface area contributed by atoms with Gasteiger partial charge in [-0.15, -0.1) is 0 Å². The van der Waals surface area contributed by atoms with E-state index in [4.69, 9.17) is 10.5 Å².